The number of hydrogen-bond acceptors (Lipinski definition) is 3. The van der Waals surface area contributed by atoms with Gasteiger partial charge in [0.25, 0.3) is 0 Å². The van der Waals surface area contributed by atoms with Crippen molar-refractivity contribution >= 4 is 5.91 Å². The van der Waals surface area contributed by atoms with E-state index in [1.807, 2.05) is 19.4 Å². The van der Waals surface area contributed by atoms with Crippen molar-refractivity contribution in [2.75, 3.05) is 19.6 Å². The molecule has 2 N–H and O–H groups in total. The molecule has 2 rings (SSSR count). The molecule has 0 bridgehead atoms. The van der Waals surface area contributed by atoms with Gasteiger partial charge in [-0.2, -0.15) is 5.10 Å². The maximum Gasteiger partial charge on any atom is 0.225 e. The number of aromatic nitrogens is 2. The van der Waals surface area contributed by atoms with Crippen LogP contribution in [0.3, 0.4) is 0 Å². The molecule has 0 radical (unpaired) electrons. The highest BCUT2D eigenvalue weighted by atomic mass is 16.1. The molecule has 0 unspecified atom stereocenters. The van der Waals surface area contributed by atoms with Gasteiger partial charge in [-0.3, -0.25) is 9.48 Å². The predicted octanol–water partition coefficient (Wildman–Crippen LogP) is 0.0253. The molecule has 1 amide bonds. The van der Waals surface area contributed by atoms with E-state index in [1.54, 1.807) is 10.8 Å². The normalized spacial score (nSPS) is 23.6. The third kappa shape index (κ3) is 2.55. The molecule has 1 aliphatic rings. The molecule has 1 aromatic rings. The van der Waals surface area contributed by atoms with E-state index >= 15 is 0 Å². The Labute approximate surface area is 101 Å². The molecule has 0 saturated carbocycles. The SMILES string of the molecule is C=CCNC(=O)[C@H]1CNC[C@@H]1c1cnn(C)c1. The van der Waals surface area contributed by atoms with Crippen LogP contribution < -0.4 is 10.6 Å². The third-order valence-electron chi connectivity index (χ3n) is 3.12. The van der Waals surface area contributed by atoms with Crippen LogP contribution >= 0.6 is 0 Å². The van der Waals surface area contributed by atoms with Gasteiger partial charge in [0, 0.05) is 38.8 Å². The van der Waals surface area contributed by atoms with E-state index in [1.165, 1.54) is 0 Å². The van der Waals surface area contributed by atoms with Crippen molar-refractivity contribution in [1.82, 2.24) is 20.4 Å². The second-order valence-corrected chi connectivity index (χ2v) is 4.35. The zero-order valence-electron chi connectivity index (χ0n) is 10.0. The van der Waals surface area contributed by atoms with Gasteiger partial charge in [-0.05, 0) is 5.56 Å². The first-order chi connectivity index (χ1) is 8.22. The lowest BCUT2D eigenvalue weighted by Gasteiger charge is -2.16. The van der Waals surface area contributed by atoms with Crippen LogP contribution in [0.5, 0.6) is 0 Å². The first-order valence-electron chi connectivity index (χ1n) is 5.80. The molecular weight excluding hydrogens is 216 g/mol. The molecule has 5 nitrogen and oxygen atoms in total. The average molecular weight is 234 g/mol. The molecule has 2 heterocycles. The minimum Gasteiger partial charge on any atom is -0.352 e. The smallest absolute Gasteiger partial charge is 0.225 e. The highest BCUT2D eigenvalue weighted by Crippen LogP contribution is 2.27. The van der Waals surface area contributed by atoms with Crippen molar-refractivity contribution in [3.8, 4) is 0 Å². The third-order valence-corrected chi connectivity index (χ3v) is 3.12. The van der Waals surface area contributed by atoms with Gasteiger partial charge in [-0.25, -0.2) is 0 Å². The Morgan fingerprint density at radius 3 is 3.24 bits per heavy atom. The molecule has 1 aromatic heterocycles. The van der Waals surface area contributed by atoms with Gasteiger partial charge >= 0.3 is 0 Å². The summed E-state index contributed by atoms with van der Waals surface area (Å²) in [5.41, 5.74) is 1.12. The molecule has 92 valence electrons. The van der Waals surface area contributed by atoms with E-state index < -0.39 is 0 Å². The summed E-state index contributed by atoms with van der Waals surface area (Å²) < 4.78 is 1.77. The van der Waals surface area contributed by atoms with Gasteiger partial charge in [0.05, 0.1) is 12.1 Å². The molecule has 1 fully saturated rings. The van der Waals surface area contributed by atoms with Crippen molar-refractivity contribution < 1.29 is 4.79 Å². The molecule has 17 heavy (non-hydrogen) atoms. The van der Waals surface area contributed by atoms with E-state index in [0.29, 0.717) is 6.54 Å². The van der Waals surface area contributed by atoms with Gasteiger partial charge in [0.15, 0.2) is 0 Å². The number of carbonyl (C=O) groups excluding carboxylic acids is 1. The highest BCUT2D eigenvalue weighted by Gasteiger charge is 2.34. The molecule has 0 aliphatic carbocycles. The van der Waals surface area contributed by atoms with Crippen LogP contribution in [0, 0.1) is 5.92 Å². The van der Waals surface area contributed by atoms with E-state index in [2.05, 4.69) is 22.3 Å². The first kappa shape index (κ1) is 11.9. The molecule has 5 heteroatoms. The van der Waals surface area contributed by atoms with Crippen LogP contribution in [0.4, 0.5) is 0 Å². The molecular formula is C12H18N4O. The van der Waals surface area contributed by atoms with E-state index in [-0.39, 0.29) is 17.7 Å². The lowest BCUT2D eigenvalue weighted by Crippen LogP contribution is -2.34. The number of amides is 1. The highest BCUT2D eigenvalue weighted by molar-refractivity contribution is 5.80. The van der Waals surface area contributed by atoms with Crippen molar-refractivity contribution in [2.24, 2.45) is 13.0 Å². The molecule has 1 saturated heterocycles. The quantitative estimate of drug-likeness (QED) is 0.722. The largest absolute Gasteiger partial charge is 0.352 e. The summed E-state index contributed by atoms with van der Waals surface area (Å²) in [4.78, 5) is 12.0. The molecule has 0 spiro atoms. The summed E-state index contributed by atoms with van der Waals surface area (Å²) in [6, 6.07) is 0. The van der Waals surface area contributed by atoms with Crippen LogP contribution in [0.25, 0.3) is 0 Å². The minimum absolute atomic E-state index is 0.0147. The Bertz CT molecular complexity index is 412. The summed E-state index contributed by atoms with van der Waals surface area (Å²) in [5.74, 6) is 0.288. The fourth-order valence-electron chi connectivity index (χ4n) is 2.24. The van der Waals surface area contributed by atoms with Gasteiger partial charge in [-0.1, -0.05) is 6.08 Å². The predicted molar refractivity (Wildman–Crippen MR) is 65.5 cm³/mol. The summed E-state index contributed by atoms with van der Waals surface area (Å²) in [6.07, 6.45) is 5.51. The van der Waals surface area contributed by atoms with Crippen molar-refractivity contribution in [1.29, 1.82) is 0 Å². The fourth-order valence-corrected chi connectivity index (χ4v) is 2.24. The van der Waals surface area contributed by atoms with E-state index in [4.69, 9.17) is 0 Å². The van der Waals surface area contributed by atoms with Crippen molar-refractivity contribution in [3.63, 3.8) is 0 Å². The molecule has 1 aliphatic heterocycles. The van der Waals surface area contributed by atoms with Crippen LogP contribution in [0.2, 0.25) is 0 Å². The average Bonchev–Trinajstić information content (AvgIpc) is 2.93. The van der Waals surface area contributed by atoms with Gasteiger partial charge < -0.3 is 10.6 Å². The number of carbonyl (C=O) groups is 1. The fraction of sp³-hybridized carbons (Fsp3) is 0.500. The van der Waals surface area contributed by atoms with Gasteiger partial charge in [0.2, 0.25) is 5.91 Å². The Balaban J connectivity index is 2.06. The topological polar surface area (TPSA) is 59.0 Å². The maximum absolute atomic E-state index is 12.0. The molecule has 0 aromatic carbocycles. The van der Waals surface area contributed by atoms with E-state index in [0.717, 1.165) is 18.7 Å². The zero-order valence-corrected chi connectivity index (χ0v) is 10.0. The summed E-state index contributed by atoms with van der Waals surface area (Å²) in [6.45, 7) is 5.67. The number of aryl methyl sites for hydroxylation is 1. The van der Waals surface area contributed by atoms with Crippen LogP contribution in [-0.4, -0.2) is 35.3 Å². The lowest BCUT2D eigenvalue weighted by atomic mass is 9.90. The Kier molecular flexibility index (Phi) is 3.58. The number of hydrogen-bond donors (Lipinski definition) is 2. The molecule has 2 atom stereocenters. The minimum atomic E-state index is -0.0147. The Morgan fingerprint density at radius 2 is 2.59 bits per heavy atom. The lowest BCUT2D eigenvalue weighted by molar-refractivity contribution is -0.124. The standard InChI is InChI=1S/C12H18N4O/c1-3-4-14-12(17)11-7-13-6-10(11)9-5-15-16(2)8-9/h3,5,8,10-11,13H,1,4,6-7H2,2H3,(H,14,17)/t10-,11+/m1/s1. The number of nitrogens with zero attached hydrogens (tertiary/aromatic N) is 2. The van der Waals surface area contributed by atoms with Crippen LogP contribution in [-0.2, 0) is 11.8 Å². The summed E-state index contributed by atoms with van der Waals surface area (Å²) in [7, 11) is 1.89. The second-order valence-electron chi connectivity index (χ2n) is 4.35. The monoisotopic (exact) mass is 234 g/mol. The van der Waals surface area contributed by atoms with Crippen LogP contribution in [0.1, 0.15) is 11.5 Å². The summed E-state index contributed by atoms with van der Waals surface area (Å²) >= 11 is 0. The Morgan fingerprint density at radius 1 is 1.76 bits per heavy atom. The number of rotatable bonds is 4. The first-order valence-corrected chi connectivity index (χ1v) is 5.80. The van der Waals surface area contributed by atoms with E-state index in [9.17, 15) is 4.79 Å². The second kappa shape index (κ2) is 5.14. The maximum atomic E-state index is 12.0. The summed E-state index contributed by atoms with van der Waals surface area (Å²) in [5, 5.41) is 10.3. The van der Waals surface area contributed by atoms with Crippen molar-refractivity contribution in [3.05, 3.63) is 30.6 Å². The Hall–Kier alpha value is -1.62. The van der Waals surface area contributed by atoms with Gasteiger partial charge in [0.1, 0.15) is 0 Å². The van der Waals surface area contributed by atoms with Crippen molar-refractivity contribution in [2.45, 2.75) is 5.92 Å². The zero-order chi connectivity index (χ0) is 12.3. The van der Waals surface area contributed by atoms with Crippen LogP contribution in [0.15, 0.2) is 25.0 Å². The number of nitrogens with one attached hydrogen (secondary N) is 2. The van der Waals surface area contributed by atoms with Gasteiger partial charge in [-0.15, -0.1) is 6.58 Å².